The zero-order valence-electron chi connectivity index (χ0n) is 9.51. The number of aliphatic hydroxyl groups excluding tert-OH is 1. The highest BCUT2D eigenvalue weighted by Gasteiger charge is 2.06. The summed E-state index contributed by atoms with van der Waals surface area (Å²) in [5, 5.41) is 11.3. The van der Waals surface area contributed by atoms with Crippen LogP contribution in [-0.4, -0.2) is 17.6 Å². The SMILES string of the molecule is O=C(Nc1cccc(C#CCO)c1)c1ccoc1. The van der Waals surface area contributed by atoms with Gasteiger partial charge in [0, 0.05) is 11.3 Å². The molecule has 0 aliphatic heterocycles. The Labute approximate surface area is 104 Å². The molecule has 2 rings (SSSR count). The average Bonchev–Trinajstić information content (AvgIpc) is 2.91. The van der Waals surface area contributed by atoms with E-state index in [1.807, 2.05) is 0 Å². The summed E-state index contributed by atoms with van der Waals surface area (Å²) in [5.41, 5.74) is 1.84. The molecule has 0 spiro atoms. The van der Waals surface area contributed by atoms with Gasteiger partial charge in [0.2, 0.25) is 0 Å². The number of rotatable bonds is 2. The smallest absolute Gasteiger partial charge is 0.258 e. The molecule has 90 valence electrons. The molecule has 0 bridgehead atoms. The molecule has 4 heteroatoms. The van der Waals surface area contributed by atoms with Gasteiger partial charge in [0.25, 0.3) is 5.91 Å². The molecule has 0 saturated heterocycles. The Balaban J connectivity index is 2.12. The predicted molar refractivity (Wildman–Crippen MR) is 67.1 cm³/mol. The van der Waals surface area contributed by atoms with Crippen molar-refractivity contribution in [2.75, 3.05) is 11.9 Å². The molecule has 1 heterocycles. The van der Waals surface area contributed by atoms with Gasteiger partial charge in [-0.05, 0) is 24.3 Å². The average molecular weight is 241 g/mol. The van der Waals surface area contributed by atoms with Crippen LogP contribution in [0.15, 0.2) is 47.3 Å². The van der Waals surface area contributed by atoms with Crippen LogP contribution in [-0.2, 0) is 0 Å². The van der Waals surface area contributed by atoms with Crippen LogP contribution in [0.1, 0.15) is 15.9 Å². The summed E-state index contributed by atoms with van der Waals surface area (Å²) >= 11 is 0. The van der Waals surface area contributed by atoms with E-state index in [1.165, 1.54) is 12.5 Å². The Hall–Kier alpha value is -2.51. The molecule has 0 saturated carbocycles. The number of carbonyl (C=O) groups excluding carboxylic acids is 1. The van der Waals surface area contributed by atoms with Gasteiger partial charge in [-0.15, -0.1) is 0 Å². The molecule has 0 radical (unpaired) electrons. The zero-order chi connectivity index (χ0) is 12.8. The number of anilines is 1. The Morgan fingerprint density at radius 2 is 2.28 bits per heavy atom. The highest BCUT2D eigenvalue weighted by Crippen LogP contribution is 2.11. The number of furan rings is 1. The van der Waals surface area contributed by atoms with E-state index in [4.69, 9.17) is 9.52 Å². The van der Waals surface area contributed by atoms with Gasteiger partial charge in [-0.3, -0.25) is 4.79 Å². The third kappa shape index (κ3) is 3.00. The number of hydrogen-bond acceptors (Lipinski definition) is 3. The molecular weight excluding hydrogens is 230 g/mol. The second kappa shape index (κ2) is 5.71. The number of carbonyl (C=O) groups is 1. The molecule has 1 amide bonds. The minimum absolute atomic E-state index is 0.189. The summed E-state index contributed by atoms with van der Waals surface area (Å²) in [6, 6.07) is 8.68. The van der Waals surface area contributed by atoms with E-state index < -0.39 is 0 Å². The van der Waals surface area contributed by atoms with Crippen LogP contribution in [0.5, 0.6) is 0 Å². The fourth-order valence-electron chi connectivity index (χ4n) is 1.41. The lowest BCUT2D eigenvalue weighted by molar-refractivity contribution is 0.102. The van der Waals surface area contributed by atoms with Crippen molar-refractivity contribution < 1.29 is 14.3 Å². The molecule has 1 aromatic heterocycles. The Bertz CT molecular complexity index is 591. The second-order valence-corrected chi connectivity index (χ2v) is 3.51. The maximum atomic E-state index is 11.8. The van der Waals surface area contributed by atoms with Gasteiger partial charge < -0.3 is 14.8 Å². The first-order chi connectivity index (χ1) is 8.79. The van der Waals surface area contributed by atoms with Crippen molar-refractivity contribution in [3.8, 4) is 11.8 Å². The Morgan fingerprint density at radius 3 is 3.00 bits per heavy atom. The minimum Gasteiger partial charge on any atom is -0.472 e. The molecule has 0 aliphatic carbocycles. The first kappa shape index (κ1) is 12.0. The zero-order valence-corrected chi connectivity index (χ0v) is 9.51. The number of benzene rings is 1. The molecule has 0 unspecified atom stereocenters. The summed E-state index contributed by atoms with van der Waals surface area (Å²) in [6.07, 6.45) is 2.82. The lowest BCUT2D eigenvalue weighted by atomic mass is 10.2. The summed E-state index contributed by atoms with van der Waals surface area (Å²) < 4.78 is 4.84. The third-order valence-electron chi connectivity index (χ3n) is 2.22. The van der Waals surface area contributed by atoms with E-state index in [9.17, 15) is 4.79 Å². The molecule has 0 fully saturated rings. The molecule has 4 nitrogen and oxygen atoms in total. The minimum atomic E-state index is -0.240. The van der Waals surface area contributed by atoms with Gasteiger partial charge in [0.05, 0.1) is 11.8 Å². The number of aliphatic hydroxyl groups is 1. The summed E-state index contributed by atoms with van der Waals surface area (Å²) in [6.45, 7) is -0.189. The number of nitrogens with one attached hydrogen (secondary N) is 1. The van der Waals surface area contributed by atoms with Crippen molar-refractivity contribution >= 4 is 11.6 Å². The molecular formula is C14H11NO3. The van der Waals surface area contributed by atoms with Gasteiger partial charge in [0.15, 0.2) is 0 Å². The van der Waals surface area contributed by atoms with Crippen molar-refractivity contribution in [2.45, 2.75) is 0 Å². The standard InChI is InChI=1S/C14H11NO3/c16-7-2-4-11-3-1-5-13(9-11)15-14(17)12-6-8-18-10-12/h1,3,5-6,8-10,16H,7H2,(H,15,17). The lowest BCUT2D eigenvalue weighted by Gasteiger charge is -2.03. The maximum absolute atomic E-state index is 11.8. The Morgan fingerprint density at radius 1 is 1.39 bits per heavy atom. The first-order valence-corrected chi connectivity index (χ1v) is 5.33. The van der Waals surface area contributed by atoms with E-state index in [1.54, 1.807) is 30.3 Å². The topological polar surface area (TPSA) is 62.5 Å². The molecule has 2 N–H and O–H groups in total. The fourth-order valence-corrected chi connectivity index (χ4v) is 1.41. The van der Waals surface area contributed by atoms with Crippen LogP contribution in [0, 0.1) is 11.8 Å². The monoisotopic (exact) mass is 241 g/mol. The lowest BCUT2D eigenvalue weighted by Crippen LogP contribution is -2.10. The van der Waals surface area contributed by atoms with Crippen molar-refractivity contribution in [1.82, 2.24) is 0 Å². The van der Waals surface area contributed by atoms with Crippen LogP contribution >= 0.6 is 0 Å². The van der Waals surface area contributed by atoms with Gasteiger partial charge in [-0.2, -0.15) is 0 Å². The van der Waals surface area contributed by atoms with Gasteiger partial charge in [-0.25, -0.2) is 0 Å². The first-order valence-electron chi connectivity index (χ1n) is 5.33. The van der Waals surface area contributed by atoms with Gasteiger partial charge in [-0.1, -0.05) is 17.9 Å². The highest BCUT2D eigenvalue weighted by atomic mass is 16.3. The Kier molecular flexibility index (Phi) is 3.79. The van der Waals surface area contributed by atoms with Crippen LogP contribution in [0.3, 0.4) is 0 Å². The fraction of sp³-hybridized carbons (Fsp3) is 0.0714. The van der Waals surface area contributed by atoms with Crippen molar-refractivity contribution in [3.63, 3.8) is 0 Å². The van der Waals surface area contributed by atoms with Crippen molar-refractivity contribution in [2.24, 2.45) is 0 Å². The number of hydrogen-bond donors (Lipinski definition) is 2. The molecule has 1 aromatic carbocycles. The second-order valence-electron chi connectivity index (χ2n) is 3.51. The van der Waals surface area contributed by atoms with Crippen LogP contribution in [0.4, 0.5) is 5.69 Å². The molecule has 2 aromatic rings. The van der Waals surface area contributed by atoms with Crippen molar-refractivity contribution in [3.05, 3.63) is 54.0 Å². The van der Waals surface area contributed by atoms with Gasteiger partial charge in [0.1, 0.15) is 12.9 Å². The molecule has 0 atom stereocenters. The van der Waals surface area contributed by atoms with Crippen LogP contribution in [0.2, 0.25) is 0 Å². The normalized spacial score (nSPS) is 9.39. The van der Waals surface area contributed by atoms with E-state index in [0.29, 0.717) is 11.3 Å². The molecule has 18 heavy (non-hydrogen) atoms. The summed E-state index contributed by atoms with van der Waals surface area (Å²) in [4.78, 5) is 11.8. The highest BCUT2D eigenvalue weighted by molar-refractivity contribution is 6.04. The predicted octanol–water partition coefficient (Wildman–Crippen LogP) is 1.88. The van der Waals surface area contributed by atoms with Crippen LogP contribution in [0.25, 0.3) is 0 Å². The van der Waals surface area contributed by atoms with Gasteiger partial charge >= 0.3 is 0 Å². The largest absolute Gasteiger partial charge is 0.472 e. The van der Waals surface area contributed by atoms with Crippen LogP contribution < -0.4 is 5.32 Å². The van der Waals surface area contributed by atoms with Crippen molar-refractivity contribution in [1.29, 1.82) is 0 Å². The summed E-state index contributed by atoms with van der Waals surface area (Å²) in [7, 11) is 0. The van der Waals surface area contributed by atoms with E-state index >= 15 is 0 Å². The third-order valence-corrected chi connectivity index (χ3v) is 2.22. The summed E-state index contributed by atoms with van der Waals surface area (Å²) in [5.74, 6) is 5.08. The number of amides is 1. The van der Waals surface area contributed by atoms with E-state index in [2.05, 4.69) is 17.2 Å². The van der Waals surface area contributed by atoms with E-state index in [-0.39, 0.29) is 12.5 Å². The quantitative estimate of drug-likeness (QED) is 0.789. The molecule has 0 aliphatic rings. The maximum Gasteiger partial charge on any atom is 0.258 e. The van der Waals surface area contributed by atoms with E-state index in [0.717, 1.165) is 5.56 Å².